The smallest absolute Gasteiger partial charge is 0.151 e. The van der Waals surface area contributed by atoms with Gasteiger partial charge >= 0.3 is 0 Å². The largest absolute Gasteiger partial charge is 0.360 e. The molecule has 1 saturated heterocycles. The fourth-order valence-corrected chi connectivity index (χ4v) is 2.77. The molecule has 0 bridgehead atoms. The molecule has 1 aliphatic rings. The standard InChI is InChI=1S/C16H29N3O/c1-12(2)8-17-9-15-7-16(20-18-15)11-19-6-5-14(10-19)13(3)4/h7,12-14,17H,5-6,8-11H2,1-4H3. The monoisotopic (exact) mass is 279 g/mol. The number of aromatic nitrogens is 1. The van der Waals surface area contributed by atoms with Gasteiger partial charge in [0.05, 0.1) is 12.2 Å². The minimum atomic E-state index is 0.666. The molecule has 0 aromatic carbocycles. The van der Waals surface area contributed by atoms with Gasteiger partial charge in [-0.2, -0.15) is 0 Å². The average Bonchev–Trinajstić information content (AvgIpc) is 2.99. The number of nitrogens with one attached hydrogen (secondary N) is 1. The van der Waals surface area contributed by atoms with Crippen LogP contribution in [-0.4, -0.2) is 29.7 Å². The first-order chi connectivity index (χ1) is 9.54. The van der Waals surface area contributed by atoms with Crippen molar-refractivity contribution in [3.63, 3.8) is 0 Å². The molecule has 0 aliphatic carbocycles. The summed E-state index contributed by atoms with van der Waals surface area (Å²) in [6.07, 6.45) is 1.31. The van der Waals surface area contributed by atoms with Gasteiger partial charge in [0.25, 0.3) is 0 Å². The molecule has 0 radical (unpaired) electrons. The number of hydrogen-bond acceptors (Lipinski definition) is 4. The Morgan fingerprint density at radius 3 is 2.85 bits per heavy atom. The van der Waals surface area contributed by atoms with Crippen molar-refractivity contribution >= 4 is 0 Å². The van der Waals surface area contributed by atoms with Crippen molar-refractivity contribution in [2.45, 2.75) is 47.2 Å². The molecule has 1 atom stereocenters. The Labute approximate surface area is 122 Å². The van der Waals surface area contributed by atoms with E-state index >= 15 is 0 Å². The third-order valence-electron chi connectivity index (χ3n) is 4.10. The first-order valence-corrected chi connectivity index (χ1v) is 7.92. The van der Waals surface area contributed by atoms with E-state index in [1.54, 1.807) is 0 Å². The van der Waals surface area contributed by atoms with Crippen LogP contribution in [0.2, 0.25) is 0 Å². The molecule has 0 spiro atoms. The molecule has 0 saturated carbocycles. The summed E-state index contributed by atoms with van der Waals surface area (Å²) in [7, 11) is 0. The average molecular weight is 279 g/mol. The van der Waals surface area contributed by atoms with Gasteiger partial charge in [0.15, 0.2) is 5.76 Å². The predicted octanol–water partition coefficient (Wildman–Crippen LogP) is 2.90. The highest BCUT2D eigenvalue weighted by Crippen LogP contribution is 2.24. The van der Waals surface area contributed by atoms with E-state index in [2.05, 4.69) is 49.1 Å². The maximum atomic E-state index is 5.45. The van der Waals surface area contributed by atoms with Gasteiger partial charge in [-0.25, -0.2) is 0 Å². The molecule has 2 rings (SSSR count). The molecule has 4 nitrogen and oxygen atoms in total. The zero-order valence-corrected chi connectivity index (χ0v) is 13.4. The molecule has 1 N–H and O–H groups in total. The molecule has 0 amide bonds. The highest BCUT2D eigenvalue weighted by Gasteiger charge is 2.25. The molecular weight excluding hydrogens is 250 g/mol. The van der Waals surface area contributed by atoms with Gasteiger partial charge in [-0.3, -0.25) is 4.90 Å². The maximum Gasteiger partial charge on any atom is 0.151 e. The van der Waals surface area contributed by atoms with Crippen LogP contribution in [0.1, 0.15) is 45.6 Å². The first kappa shape index (κ1) is 15.5. The van der Waals surface area contributed by atoms with E-state index in [0.29, 0.717) is 5.92 Å². The number of hydrogen-bond donors (Lipinski definition) is 1. The van der Waals surface area contributed by atoms with E-state index in [1.165, 1.54) is 19.5 Å². The van der Waals surface area contributed by atoms with E-state index < -0.39 is 0 Å². The summed E-state index contributed by atoms with van der Waals surface area (Å²) in [5.74, 6) is 3.28. The highest BCUT2D eigenvalue weighted by molar-refractivity contribution is 5.05. The van der Waals surface area contributed by atoms with Gasteiger partial charge in [-0.1, -0.05) is 32.9 Å². The molecule has 1 aliphatic heterocycles. The van der Waals surface area contributed by atoms with Crippen molar-refractivity contribution in [3.8, 4) is 0 Å². The Bertz CT molecular complexity index is 400. The lowest BCUT2D eigenvalue weighted by atomic mass is 9.95. The molecule has 1 aromatic rings. The van der Waals surface area contributed by atoms with Crippen LogP contribution in [0.15, 0.2) is 10.6 Å². The quantitative estimate of drug-likeness (QED) is 0.833. The van der Waals surface area contributed by atoms with Crippen LogP contribution in [0.3, 0.4) is 0 Å². The van der Waals surface area contributed by atoms with Crippen LogP contribution >= 0.6 is 0 Å². The second-order valence-electron chi connectivity index (χ2n) is 6.84. The van der Waals surface area contributed by atoms with Gasteiger partial charge in [0, 0.05) is 19.2 Å². The number of rotatable bonds is 7. The molecule has 1 fully saturated rings. The van der Waals surface area contributed by atoms with Gasteiger partial charge < -0.3 is 9.84 Å². The minimum absolute atomic E-state index is 0.666. The van der Waals surface area contributed by atoms with E-state index in [9.17, 15) is 0 Å². The zero-order valence-electron chi connectivity index (χ0n) is 13.4. The summed E-state index contributed by atoms with van der Waals surface area (Å²) in [5.41, 5.74) is 1.01. The zero-order chi connectivity index (χ0) is 14.5. The summed E-state index contributed by atoms with van der Waals surface area (Å²) in [6, 6.07) is 2.09. The van der Waals surface area contributed by atoms with E-state index in [4.69, 9.17) is 4.52 Å². The second-order valence-corrected chi connectivity index (χ2v) is 6.84. The SMILES string of the molecule is CC(C)CNCc1cc(CN2CCC(C(C)C)C2)on1. The molecule has 114 valence electrons. The fraction of sp³-hybridized carbons (Fsp3) is 0.812. The molecule has 1 unspecified atom stereocenters. The van der Waals surface area contributed by atoms with Gasteiger partial charge in [-0.05, 0) is 37.3 Å². The molecular formula is C16H29N3O. The lowest BCUT2D eigenvalue weighted by molar-refractivity contribution is 0.256. The number of likely N-dealkylation sites (tertiary alicyclic amines) is 1. The summed E-state index contributed by atoms with van der Waals surface area (Å²) in [4.78, 5) is 2.48. The Kier molecular flexibility index (Phi) is 5.61. The number of nitrogens with zero attached hydrogens (tertiary/aromatic N) is 2. The Morgan fingerprint density at radius 2 is 2.20 bits per heavy atom. The molecule has 4 heteroatoms. The minimum Gasteiger partial charge on any atom is -0.360 e. The van der Waals surface area contributed by atoms with Crippen molar-refractivity contribution < 1.29 is 4.52 Å². The van der Waals surface area contributed by atoms with Crippen molar-refractivity contribution in [2.75, 3.05) is 19.6 Å². The van der Waals surface area contributed by atoms with Crippen LogP contribution < -0.4 is 5.32 Å². The lowest BCUT2D eigenvalue weighted by Crippen LogP contribution is -2.21. The Hall–Kier alpha value is -0.870. The van der Waals surface area contributed by atoms with Crippen molar-refractivity contribution in [3.05, 3.63) is 17.5 Å². The van der Waals surface area contributed by atoms with Crippen LogP contribution in [0.5, 0.6) is 0 Å². The summed E-state index contributed by atoms with van der Waals surface area (Å²) in [5, 5.41) is 7.54. The molecule has 2 heterocycles. The lowest BCUT2D eigenvalue weighted by Gasteiger charge is -2.16. The topological polar surface area (TPSA) is 41.3 Å². The van der Waals surface area contributed by atoms with Crippen LogP contribution in [0.25, 0.3) is 0 Å². The van der Waals surface area contributed by atoms with Crippen molar-refractivity contribution in [2.24, 2.45) is 17.8 Å². The van der Waals surface area contributed by atoms with Gasteiger partial charge in [0.2, 0.25) is 0 Å². The van der Waals surface area contributed by atoms with E-state index in [1.807, 2.05) is 0 Å². The Morgan fingerprint density at radius 1 is 1.40 bits per heavy atom. The van der Waals surface area contributed by atoms with Crippen LogP contribution in [-0.2, 0) is 13.1 Å². The van der Waals surface area contributed by atoms with Crippen molar-refractivity contribution in [1.82, 2.24) is 15.4 Å². The van der Waals surface area contributed by atoms with Gasteiger partial charge in [-0.15, -0.1) is 0 Å². The molecule has 20 heavy (non-hydrogen) atoms. The summed E-state index contributed by atoms with van der Waals surface area (Å²) in [6.45, 7) is 14.2. The molecule has 1 aromatic heterocycles. The van der Waals surface area contributed by atoms with Crippen LogP contribution in [0.4, 0.5) is 0 Å². The fourth-order valence-electron chi connectivity index (χ4n) is 2.77. The predicted molar refractivity (Wildman–Crippen MR) is 81.3 cm³/mol. The highest BCUT2D eigenvalue weighted by atomic mass is 16.5. The third-order valence-corrected chi connectivity index (χ3v) is 4.10. The first-order valence-electron chi connectivity index (χ1n) is 7.92. The third kappa shape index (κ3) is 4.60. The van der Waals surface area contributed by atoms with Crippen LogP contribution in [0, 0.1) is 17.8 Å². The normalized spacial score (nSPS) is 20.4. The second kappa shape index (κ2) is 7.23. The van der Waals surface area contributed by atoms with E-state index in [0.717, 1.165) is 42.9 Å². The maximum absolute atomic E-state index is 5.45. The van der Waals surface area contributed by atoms with Gasteiger partial charge in [0.1, 0.15) is 0 Å². The Balaban J connectivity index is 1.75. The van der Waals surface area contributed by atoms with E-state index in [-0.39, 0.29) is 0 Å². The van der Waals surface area contributed by atoms with Crippen molar-refractivity contribution in [1.29, 1.82) is 0 Å². The summed E-state index contributed by atoms with van der Waals surface area (Å²) >= 11 is 0. The summed E-state index contributed by atoms with van der Waals surface area (Å²) < 4.78 is 5.45.